The van der Waals surface area contributed by atoms with Crippen LogP contribution in [0.3, 0.4) is 0 Å². The summed E-state index contributed by atoms with van der Waals surface area (Å²) in [4.78, 5) is 5.46. The summed E-state index contributed by atoms with van der Waals surface area (Å²) >= 11 is 7.75. The lowest BCUT2D eigenvalue weighted by atomic mass is 10.1. The van der Waals surface area contributed by atoms with Crippen LogP contribution in [0.2, 0.25) is 5.15 Å². The summed E-state index contributed by atoms with van der Waals surface area (Å²) in [6, 6.07) is 5.06. The fourth-order valence-electron chi connectivity index (χ4n) is 2.80. The quantitative estimate of drug-likeness (QED) is 0.485. The van der Waals surface area contributed by atoms with E-state index in [9.17, 15) is 8.42 Å². The molecule has 0 saturated carbocycles. The van der Waals surface area contributed by atoms with E-state index in [-0.39, 0.29) is 30.6 Å². The van der Waals surface area contributed by atoms with E-state index in [0.29, 0.717) is 18.1 Å². The molecule has 3 rings (SSSR count). The van der Waals surface area contributed by atoms with Crippen LogP contribution in [0.25, 0.3) is 10.2 Å². The van der Waals surface area contributed by atoms with Gasteiger partial charge >= 0.3 is 0 Å². The number of pyridine rings is 1. The van der Waals surface area contributed by atoms with Crippen LogP contribution in [0, 0.1) is 6.92 Å². The molecular weight excluding hydrogens is 465 g/mol. The zero-order valence-electron chi connectivity index (χ0n) is 15.3. The third-order valence-electron chi connectivity index (χ3n) is 3.94. The molecule has 0 aliphatic carbocycles. The number of halogens is 3. The number of rotatable bonds is 7. The van der Waals surface area contributed by atoms with Crippen LogP contribution in [-0.2, 0) is 22.8 Å². The van der Waals surface area contributed by atoms with E-state index in [1.807, 2.05) is 19.1 Å². The third kappa shape index (κ3) is 6.23. The molecule has 1 atom stereocenters. The average Bonchev–Trinajstić information content (AvgIpc) is 3.13. The Morgan fingerprint density at radius 3 is 2.71 bits per heavy atom. The van der Waals surface area contributed by atoms with Crippen molar-refractivity contribution in [1.29, 1.82) is 0 Å². The Balaban J connectivity index is 0.00000196. The minimum atomic E-state index is -3.11. The predicted molar refractivity (Wildman–Crippen MR) is 121 cm³/mol. The van der Waals surface area contributed by atoms with Crippen molar-refractivity contribution in [1.82, 2.24) is 4.98 Å². The second kappa shape index (κ2) is 10.1. The summed E-state index contributed by atoms with van der Waals surface area (Å²) in [6.45, 7) is 2.49. The van der Waals surface area contributed by atoms with E-state index in [0.717, 1.165) is 32.1 Å². The van der Waals surface area contributed by atoms with Crippen LogP contribution in [-0.4, -0.2) is 31.5 Å². The predicted octanol–water partition coefficient (Wildman–Crippen LogP) is 4.22. The van der Waals surface area contributed by atoms with Gasteiger partial charge in [0, 0.05) is 23.2 Å². The lowest BCUT2D eigenvalue weighted by molar-refractivity contribution is 0.518. The van der Waals surface area contributed by atoms with Crippen LogP contribution in [0.1, 0.15) is 16.2 Å². The molecule has 3 aromatic rings. The monoisotopic (exact) mass is 485 g/mol. The first-order chi connectivity index (χ1) is 12.2. The van der Waals surface area contributed by atoms with Crippen molar-refractivity contribution in [2.24, 2.45) is 5.73 Å². The summed E-state index contributed by atoms with van der Waals surface area (Å²) in [6.07, 6.45) is 3.31. The van der Waals surface area contributed by atoms with E-state index in [4.69, 9.17) is 21.8 Å². The molecule has 0 radical (unpaired) electrons. The number of nitrogens with zero attached hydrogens (tertiary/aromatic N) is 1. The van der Waals surface area contributed by atoms with Crippen molar-refractivity contribution in [3.63, 3.8) is 0 Å². The van der Waals surface area contributed by atoms with Gasteiger partial charge in [0.25, 0.3) is 0 Å². The highest BCUT2D eigenvalue weighted by atomic mass is 35.5. The van der Waals surface area contributed by atoms with Crippen molar-refractivity contribution < 1.29 is 12.8 Å². The number of thiophene rings is 1. The Hall–Kier alpha value is -1.03. The van der Waals surface area contributed by atoms with E-state index < -0.39 is 15.9 Å². The number of furan rings is 1. The molecule has 0 aliphatic rings. The van der Waals surface area contributed by atoms with E-state index in [1.54, 1.807) is 23.7 Å². The van der Waals surface area contributed by atoms with E-state index >= 15 is 0 Å². The van der Waals surface area contributed by atoms with Gasteiger partial charge < -0.3 is 15.5 Å². The van der Waals surface area contributed by atoms with E-state index in [1.165, 1.54) is 6.26 Å². The molecule has 0 spiro atoms. The normalized spacial score (nSPS) is 12.3. The molecule has 11 heteroatoms. The Morgan fingerprint density at radius 1 is 1.39 bits per heavy atom. The summed E-state index contributed by atoms with van der Waals surface area (Å²) in [5, 5.41) is 3.72. The Kier molecular flexibility index (Phi) is 9.05. The number of nitrogens with two attached hydrogens (primary N) is 1. The summed E-state index contributed by atoms with van der Waals surface area (Å²) in [7, 11) is -3.11. The zero-order chi connectivity index (χ0) is 18.9. The largest absolute Gasteiger partial charge is 0.467 e. The maximum atomic E-state index is 11.5. The van der Waals surface area contributed by atoms with Gasteiger partial charge in [-0.3, -0.25) is 0 Å². The number of anilines is 1. The topological polar surface area (TPSA) is 98.2 Å². The molecule has 156 valence electrons. The van der Waals surface area contributed by atoms with Crippen LogP contribution < -0.4 is 11.1 Å². The van der Waals surface area contributed by atoms with Crippen molar-refractivity contribution in [2.75, 3.05) is 17.3 Å². The van der Waals surface area contributed by atoms with Crippen LogP contribution >= 0.6 is 47.8 Å². The number of nitrogens with one attached hydrogen (secondary N) is 1. The van der Waals surface area contributed by atoms with E-state index in [2.05, 4.69) is 10.3 Å². The first-order valence-electron chi connectivity index (χ1n) is 8.01. The first-order valence-corrected chi connectivity index (χ1v) is 11.3. The molecule has 3 N–H and O–H groups in total. The fourth-order valence-corrected chi connectivity index (χ4v) is 5.22. The van der Waals surface area contributed by atoms with Gasteiger partial charge in [0.2, 0.25) is 0 Å². The lowest BCUT2D eigenvalue weighted by Gasteiger charge is -2.09. The number of hydrogen-bond donors (Lipinski definition) is 2. The Bertz CT molecular complexity index is 1020. The molecule has 3 heterocycles. The first kappa shape index (κ1) is 25.0. The smallest absolute Gasteiger partial charge is 0.148 e. The van der Waals surface area contributed by atoms with Gasteiger partial charge in [-0.05, 0) is 31.0 Å². The minimum Gasteiger partial charge on any atom is -0.467 e. The highest BCUT2D eigenvalue weighted by Gasteiger charge is 2.18. The van der Waals surface area contributed by atoms with Crippen LogP contribution in [0.4, 0.5) is 5.69 Å². The molecule has 0 saturated heterocycles. The van der Waals surface area contributed by atoms with Gasteiger partial charge in [0.05, 0.1) is 34.5 Å². The molecule has 3 aromatic heterocycles. The summed E-state index contributed by atoms with van der Waals surface area (Å²) < 4.78 is 29.2. The molecule has 0 bridgehead atoms. The van der Waals surface area contributed by atoms with Crippen molar-refractivity contribution in [3.05, 3.63) is 45.8 Å². The summed E-state index contributed by atoms with van der Waals surface area (Å²) in [5.41, 5.74) is 8.69. The summed E-state index contributed by atoms with van der Waals surface area (Å²) in [5.74, 6) is 0.771. The maximum Gasteiger partial charge on any atom is 0.148 e. The number of aromatic nitrogens is 1. The third-order valence-corrected chi connectivity index (χ3v) is 6.50. The lowest BCUT2D eigenvalue weighted by Crippen LogP contribution is -2.31. The molecule has 6 nitrogen and oxygen atoms in total. The van der Waals surface area contributed by atoms with Gasteiger partial charge in [-0.25, -0.2) is 13.4 Å². The Morgan fingerprint density at radius 2 is 2.11 bits per heavy atom. The van der Waals surface area contributed by atoms with Gasteiger partial charge in [0.1, 0.15) is 20.8 Å². The zero-order valence-corrected chi connectivity index (χ0v) is 19.3. The second-order valence-electron chi connectivity index (χ2n) is 6.31. The molecular formula is C17H22Cl3N3O3S2. The Labute approximate surface area is 185 Å². The fraction of sp³-hybridized carbons (Fsp3) is 0.353. The average molecular weight is 487 g/mol. The van der Waals surface area contributed by atoms with Crippen molar-refractivity contribution in [3.8, 4) is 0 Å². The maximum absolute atomic E-state index is 11.5. The highest BCUT2D eigenvalue weighted by molar-refractivity contribution is 7.90. The van der Waals surface area contributed by atoms with Gasteiger partial charge in [0.15, 0.2) is 0 Å². The minimum absolute atomic E-state index is 0. The van der Waals surface area contributed by atoms with Crippen molar-refractivity contribution >= 4 is 73.5 Å². The molecule has 0 fully saturated rings. The van der Waals surface area contributed by atoms with Gasteiger partial charge in [-0.2, -0.15) is 0 Å². The molecule has 28 heavy (non-hydrogen) atoms. The number of aryl methyl sites for hydroxylation is 1. The van der Waals surface area contributed by atoms with Crippen molar-refractivity contribution in [2.45, 2.75) is 25.9 Å². The molecule has 0 aliphatic heterocycles. The SMILES string of the molecule is Cc1c(C[C@@H](N)CS(C)(=O)=O)sc2c(NCc3ccco3)cc(Cl)nc12.Cl.Cl. The van der Waals surface area contributed by atoms with Gasteiger partial charge in [-0.15, -0.1) is 36.2 Å². The highest BCUT2D eigenvalue weighted by Crippen LogP contribution is 2.37. The van der Waals surface area contributed by atoms with Crippen LogP contribution in [0.15, 0.2) is 28.9 Å². The molecule has 0 amide bonds. The number of fused-ring (bicyclic) bond motifs is 1. The number of sulfone groups is 1. The van der Waals surface area contributed by atoms with Crippen LogP contribution in [0.5, 0.6) is 0 Å². The second-order valence-corrected chi connectivity index (χ2v) is 9.99. The number of hydrogen-bond acceptors (Lipinski definition) is 7. The van der Waals surface area contributed by atoms with Gasteiger partial charge in [-0.1, -0.05) is 11.6 Å². The standard InChI is InChI=1S/C17H20ClN3O3S2.2ClH/c1-10-14(6-11(19)9-26(2,22)23)25-17-13(7-15(18)21-16(10)17)20-8-12-4-3-5-24-12;;/h3-5,7,11H,6,8-9,19H2,1-2H3,(H,20,21);2*1H/t11-;;/m1../s1. The molecule has 0 aromatic carbocycles. The molecule has 0 unspecified atom stereocenters.